The predicted octanol–water partition coefficient (Wildman–Crippen LogP) is 4.26. The summed E-state index contributed by atoms with van der Waals surface area (Å²) in [5, 5.41) is 15.9. The van der Waals surface area contributed by atoms with Gasteiger partial charge in [0.15, 0.2) is 17.3 Å². The zero-order valence-corrected chi connectivity index (χ0v) is 21.2. The number of rotatable bonds is 8. The average Bonchev–Trinajstić information content (AvgIpc) is 3.31. The summed E-state index contributed by atoms with van der Waals surface area (Å²) in [6.07, 6.45) is 2.52. The van der Waals surface area contributed by atoms with Crippen molar-refractivity contribution in [3.05, 3.63) is 75.1 Å². The molecule has 1 atom stereocenters. The highest BCUT2D eigenvalue weighted by atomic mass is 32.2. The third-order valence-corrected chi connectivity index (χ3v) is 7.12. The fourth-order valence-corrected chi connectivity index (χ4v) is 5.17. The molecule has 0 unspecified atom stereocenters. The number of non-ortho nitro benzene ring substituents is 1. The van der Waals surface area contributed by atoms with Gasteiger partial charge in [-0.15, -0.1) is 5.10 Å². The van der Waals surface area contributed by atoms with Crippen LogP contribution in [0.15, 0.2) is 47.8 Å². The van der Waals surface area contributed by atoms with Crippen LogP contribution >= 0.6 is 11.8 Å². The van der Waals surface area contributed by atoms with Crippen molar-refractivity contribution in [2.45, 2.75) is 29.7 Å². The van der Waals surface area contributed by atoms with E-state index >= 15 is 0 Å². The molecule has 1 aliphatic rings. The number of hydrogen-bond donors (Lipinski definition) is 0. The predicted molar refractivity (Wildman–Crippen MR) is 135 cm³/mol. The van der Waals surface area contributed by atoms with E-state index in [0.29, 0.717) is 58.0 Å². The SMILES string of the molecule is COc1cc([C@@H]2CC(=O)c3cn4nc(SCc5cccc([N+](=O)[O-])c5)nc4nc3C2)cc(OC)c1OC. The molecule has 1 aliphatic carbocycles. The molecule has 5 rings (SSSR count). The fraction of sp³-hybridized carbons (Fsp3) is 0.280. The number of ketones is 1. The van der Waals surface area contributed by atoms with Crippen LogP contribution in [0.4, 0.5) is 5.69 Å². The van der Waals surface area contributed by atoms with E-state index in [1.165, 1.54) is 28.4 Å². The van der Waals surface area contributed by atoms with Crippen LogP contribution < -0.4 is 14.2 Å². The minimum atomic E-state index is -0.422. The number of aromatic nitrogens is 4. The van der Waals surface area contributed by atoms with Crippen LogP contribution in [0.25, 0.3) is 5.78 Å². The van der Waals surface area contributed by atoms with Gasteiger partial charge in [0.1, 0.15) is 0 Å². The number of ether oxygens (including phenoxy) is 3. The Morgan fingerprint density at radius 3 is 2.51 bits per heavy atom. The van der Waals surface area contributed by atoms with Gasteiger partial charge in [-0.05, 0) is 35.6 Å². The molecular formula is C25H23N5O6S. The quantitative estimate of drug-likeness (QED) is 0.188. The summed E-state index contributed by atoms with van der Waals surface area (Å²) < 4.78 is 17.9. The lowest BCUT2D eigenvalue weighted by Crippen LogP contribution is -2.21. The van der Waals surface area contributed by atoms with E-state index in [1.807, 2.05) is 18.2 Å². The van der Waals surface area contributed by atoms with Crippen LogP contribution in [0.5, 0.6) is 17.2 Å². The second-order valence-corrected chi connectivity index (χ2v) is 9.39. The Balaban J connectivity index is 1.40. The standard InChI is InChI=1S/C25H23N5O6S/c1-34-21-10-16(11-22(35-2)23(21)36-3)15-8-19-18(20(31)9-15)12-29-24(26-19)27-25(28-29)37-13-14-5-4-6-17(7-14)30(32)33/h4-7,10-12,15H,8-9,13H2,1-3H3/t15-/m0/s1. The van der Waals surface area contributed by atoms with Crippen LogP contribution in [0, 0.1) is 10.1 Å². The molecule has 0 bridgehead atoms. The maximum absolute atomic E-state index is 13.1. The van der Waals surface area contributed by atoms with Gasteiger partial charge in [0.25, 0.3) is 11.5 Å². The topological polar surface area (TPSA) is 131 Å². The van der Waals surface area contributed by atoms with E-state index in [1.54, 1.807) is 33.6 Å². The second-order valence-electron chi connectivity index (χ2n) is 8.44. The first-order chi connectivity index (χ1) is 17.9. The Kier molecular flexibility index (Phi) is 6.66. The largest absolute Gasteiger partial charge is 0.493 e. The summed E-state index contributed by atoms with van der Waals surface area (Å²) in [5.74, 6) is 2.25. The van der Waals surface area contributed by atoms with Crippen molar-refractivity contribution in [3.63, 3.8) is 0 Å². The summed E-state index contributed by atoms with van der Waals surface area (Å²) in [7, 11) is 4.66. The van der Waals surface area contributed by atoms with Crippen molar-refractivity contribution < 1.29 is 23.9 Å². The summed E-state index contributed by atoms with van der Waals surface area (Å²) >= 11 is 1.34. The van der Waals surface area contributed by atoms with Crippen molar-refractivity contribution in [2.24, 2.45) is 0 Å². The molecular weight excluding hydrogens is 498 g/mol. The van der Waals surface area contributed by atoms with Crippen molar-refractivity contribution >= 4 is 29.0 Å². The van der Waals surface area contributed by atoms with Gasteiger partial charge in [-0.2, -0.15) is 4.98 Å². The third-order valence-electron chi connectivity index (χ3n) is 6.21. The third kappa shape index (κ3) is 4.79. The van der Waals surface area contributed by atoms with Crippen LogP contribution in [0.2, 0.25) is 0 Å². The summed E-state index contributed by atoms with van der Waals surface area (Å²) in [4.78, 5) is 32.8. The molecule has 190 valence electrons. The molecule has 12 heteroatoms. The molecule has 0 aliphatic heterocycles. The summed E-state index contributed by atoms with van der Waals surface area (Å²) in [5.41, 5.74) is 2.90. The van der Waals surface area contributed by atoms with Gasteiger partial charge in [-0.25, -0.2) is 9.50 Å². The molecule has 0 saturated heterocycles. The van der Waals surface area contributed by atoms with Crippen LogP contribution in [0.3, 0.4) is 0 Å². The van der Waals surface area contributed by atoms with Gasteiger partial charge >= 0.3 is 0 Å². The highest BCUT2D eigenvalue weighted by Crippen LogP contribution is 2.42. The van der Waals surface area contributed by atoms with E-state index < -0.39 is 4.92 Å². The van der Waals surface area contributed by atoms with E-state index in [2.05, 4.69) is 15.1 Å². The van der Waals surface area contributed by atoms with Gasteiger partial charge in [0.05, 0.1) is 37.5 Å². The molecule has 11 nitrogen and oxygen atoms in total. The maximum atomic E-state index is 13.1. The van der Waals surface area contributed by atoms with E-state index in [4.69, 9.17) is 14.2 Å². The number of fused-ring (bicyclic) bond motifs is 2. The Morgan fingerprint density at radius 1 is 1.08 bits per heavy atom. The Labute approximate surface area is 215 Å². The van der Waals surface area contributed by atoms with E-state index in [9.17, 15) is 14.9 Å². The first-order valence-electron chi connectivity index (χ1n) is 11.4. The van der Waals surface area contributed by atoms with E-state index in [0.717, 1.165) is 11.1 Å². The fourth-order valence-electron chi connectivity index (χ4n) is 4.41. The lowest BCUT2D eigenvalue weighted by atomic mass is 9.82. The number of hydrogen-bond acceptors (Lipinski definition) is 10. The maximum Gasteiger partial charge on any atom is 0.269 e. The number of Topliss-reactive ketones (excluding diaryl/α,β-unsaturated/α-hetero) is 1. The van der Waals surface area contributed by atoms with Crippen LogP contribution in [-0.2, 0) is 12.2 Å². The lowest BCUT2D eigenvalue weighted by molar-refractivity contribution is -0.384. The van der Waals surface area contributed by atoms with Gasteiger partial charge in [-0.3, -0.25) is 14.9 Å². The number of nitro benzene ring substituents is 1. The Morgan fingerprint density at radius 2 is 1.84 bits per heavy atom. The van der Waals surface area contributed by atoms with Crippen LogP contribution in [-0.4, -0.2) is 51.6 Å². The number of nitrogens with zero attached hydrogens (tertiary/aromatic N) is 5. The first-order valence-corrected chi connectivity index (χ1v) is 12.3. The van der Waals surface area contributed by atoms with Crippen molar-refractivity contribution in [3.8, 4) is 17.2 Å². The Bertz CT molecular complexity index is 1500. The normalized spacial score (nSPS) is 14.9. The average molecular weight is 522 g/mol. The van der Waals surface area contributed by atoms with Gasteiger partial charge in [-0.1, -0.05) is 23.9 Å². The highest BCUT2D eigenvalue weighted by molar-refractivity contribution is 7.98. The van der Waals surface area contributed by atoms with Gasteiger partial charge in [0.2, 0.25) is 10.9 Å². The molecule has 0 spiro atoms. The molecule has 0 fully saturated rings. The molecule has 2 aromatic heterocycles. The highest BCUT2D eigenvalue weighted by Gasteiger charge is 2.30. The number of thioether (sulfide) groups is 1. The van der Waals surface area contributed by atoms with E-state index in [-0.39, 0.29) is 17.4 Å². The van der Waals surface area contributed by atoms with Gasteiger partial charge in [0, 0.05) is 30.5 Å². The molecule has 0 N–H and O–H groups in total. The second kappa shape index (κ2) is 10.1. The van der Waals surface area contributed by atoms with Crippen LogP contribution in [0.1, 0.15) is 39.5 Å². The lowest BCUT2D eigenvalue weighted by Gasteiger charge is -2.24. The van der Waals surface area contributed by atoms with Crippen molar-refractivity contribution in [1.82, 2.24) is 19.6 Å². The number of methoxy groups -OCH3 is 3. The molecule has 0 radical (unpaired) electrons. The smallest absolute Gasteiger partial charge is 0.269 e. The minimum Gasteiger partial charge on any atom is -0.493 e. The number of carbonyl (C=O) groups is 1. The first kappa shape index (κ1) is 24.5. The molecule has 0 amide bonds. The molecule has 4 aromatic rings. The summed E-state index contributed by atoms with van der Waals surface area (Å²) in [6, 6.07) is 10.2. The van der Waals surface area contributed by atoms with Crippen molar-refractivity contribution in [2.75, 3.05) is 21.3 Å². The minimum absolute atomic E-state index is 0.0318. The zero-order chi connectivity index (χ0) is 26.1. The van der Waals surface area contributed by atoms with Crippen molar-refractivity contribution in [1.29, 1.82) is 0 Å². The monoisotopic (exact) mass is 521 g/mol. The number of carbonyl (C=O) groups excluding carboxylic acids is 1. The molecule has 37 heavy (non-hydrogen) atoms. The summed E-state index contributed by atoms with van der Waals surface area (Å²) in [6.45, 7) is 0. The number of benzene rings is 2. The molecule has 2 heterocycles. The van der Waals surface area contributed by atoms with Gasteiger partial charge < -0.3 is 14.2 Å². The molecule has 2 aromatic carbocycles. The number of nitro groups is 1. The Hall–Kier alpha value is -4.19. The zero-order valence-electron chi connectivity index (χ0n) is 20.3. The molecule has 0 saturated carbocycles.